The van der Waals surface area contributed by atoms with Crippen LogP contribution in [-0.2, 0) is 0 Å². The van der Waals surface area contributed by atoms with Crippen LogP contribution >= 0.6 is 15.9 Å². The van der Waals surface area contributed by atoms with Crippen LogP contribution in [-0.4, -0.2) is 12.8 Å². The monoisotopic (exact) mass is 282 g/mol. The molecule has 84 valence electrons. The van der Waals surface area contributed by atoms with E-state index in [1.807, 2.05) is 6.07 Å². The van der Waals surface area contributed by atoms with Crippen molar-refractivity contribution in [3.63, 3.8) is 0 Å². The lowest BCUT2D eigenvalue weighted by atomic mass is 10.2. The van der Waals surface area contributed by atoms with Crippen LogP contribution in [0.25, 0.3) is 0 Å². The molecule has 0 amide bonds. The Morgan fingerprint density at radius 1 is 1.33 bits per heavy atom. The highest BCUT2D eigenvalue weighted by Crippen LogP contribution is 2.25. The molecule has 1 aromatic carbocycles. The first-order chi connectivity index (χ1) is 6.88. The molecule has 0 fully saturated rings. The summed E-state index contributed by atoms with van der Waals surface area (Å²) in [7, 11) is 0. The van der Waals surface area contributed by atoms with Crippen LogP contribution in [0.4, 0.5) is 13.2 Å². The van der Waals surface area contributed by atoms with E-state index in [1.54, 1.807) is 19.1 Å². The molecule has 1 aromatic rings. The number of ether oxygens (including phenoxy) is 1. The van der Waals surface area contributed by atoms with E-state index >= 15 is 0 Å². The predicted molar refractivity (Wildman–Crippen MR) is 55.0 cm³/mol. The lowest BCUT2D eigenvalue weighted by Crippen LogP contribution is -2.13. The summed E-state index contributed by atoms with van der Waals surface area (Å²) in [5.74, 6) is 0.480. The molecule has 0 radical (unpaired) electrons. The van der Waals surface area contributed by atoms with E-state index in [-0.39, 0.29) is 6.61 Å². The van der Waals surface area contributed by atoms with E-state index in [9.17, 15) is 13.2 Å². The molecule has 0 aliphatic heterocycles. The maximum Gasteiger partial charge on any atom is 0.392 e. The van der Waals surface area contributed by atoms with Crippen molar-refractivity contribution in [2.45, 2.75) is 19.5 Å². The fraction of sp³-hybridized carbons (Fsp3) is 0.400. The number of hydrogen-bond donors (Lipinski definition) is 0. The van der Waals surface area contributed by atoms with Gasteiger partial charge in [-0.2, -0.15) is 13.2 Å². The molecule has 0 N–H and O–H groups in total. The molecular formula is C10H10BrF3O. The second-order valence-electron chi connectivity index (χ2n) is 3.12. The molecular weight excluding hydrogens is 273 g/mol. The summed E-state index contributed by atoms with van der Waals surface area (Å²) in [6, 6.07) is 5.25. The van der Waals surface area contributed by atoms with Gasteiger partial charge in [-0.3, -0.25) is 0 Å². The van der Waals surface area contributed by atoms with Crippen molar-refractivity contribution >= 4 is 15.9 Å². The van der Waals surface area contributed by atoms with Gasteiger partial charge in [0.25, 0.3) is 0 Å². The molecule has 1 nitrogen and oxygen atoms in total. The minimum atomic E-state index is -4.17. The fourth-order valence-corrected chi connectivity index (χ4v) is 1.35. The lowest BCUT2D eigenvalue weighted by molar-refractivity contribution is -0.139. The Bertz CT molecular complexity index is 336. The highest BCUT2D eigenvalue weighted by molar-refractivity contribution is 9.10. The van der Waals surface area contributed by atoms with Gasteiger partial charge in [-0.25, -0.2) is 0 Å². The molecule has 0 saturated heterocycles. The second-order valence-corrected chi connectivity index (χ2v) is 4.04. The second kappa shape index (κ2) is 4.88. The van der Waals surface area contributed by atoms with Crippen molar-refractivity contribution in [3.05, 3.63) is 28.2 Å². The van der Waals surface area contributed by atoms with Gasteiger partial charge in [-0.15, -0.1) is 0 Å². The average Bonchev–Trinajstić information content (AvgIpc) is 2.09. The van der Waals surface area contributed by atoms with Gasteiger partial charge < -0.3 is 4.74 Å². The Morgan fingerprint density at radius 3 is 2.60 bits per heavy atom. The third-order valence-electron chi connectivity index (χ3n) is 1.79. The fourth-order valence-electron chi connectivity index (χ4n) is 1.01. The maximum atomic E-state index is 11.8. The normalized spacial score (nSPS) is 11.5. The Labute approximate surface area is 94.4 Å². The average molecular weight is 283 g/mol. The van der Waals surface area contributed by atoms with Crippen molar-refractivity contribution in [1.29, 1.82) is 0 Å². The van der Waals surface area contributed by atoms with Crippen LogP contribution in [0.15, 0.2) is 22.7 Å². The number of aryl methyl sites for hydroxylation is 1. The first-order valence-corrected chi connectivity index (χ1v) is 5.13. The summed E-state index contributed by atoms with van der Waals surface area (Å²) < 4.78 is 41.4. The number of hydrogen-bond acceptors (Lipinski definition) is 1. The number of benzene rings is 1. The van der Waals surface area contributed by atoms with E-state index in [2.05, 4.69) is 15.9 Å². The number of alkyl halides is 3. The largest absolute Gasteiger partial charge is 0.493 e. The van der Waals surface area contributed by atoms with E-state index in [1.165, 1.54) is 0 Å². The van der Waals surface area contributed by atoms with Gasteiger partial charge in [0.05, 0.1) is 13.0 Å². The zero-order valence-corrected chi connectivity index (χ0v) is 9.65. The van der Waals surface area contributed by atoms with E-state index in [4.69, 9.17) is 4.74 Å². The van der Waals surface area contributed by atoms with E-state index < -0.39 is 12.6 Å². The first-order valence-electron chi connectivity index (χ1n) is 4.34. The van der Waals surface area contributed by atoms with Crippen molar-refractivity contribution in [3.8, 4) is 5.75 Å². The molecule has 0 aliphatic carbocycles. The molecule has 0 spiro atoms. The van der Waals surface area contributed by atoms with Gasteiger partial charge in [0.1, 0.15) is 5.75 Å². The lowest BCUT2D eigenvalue weighted by Gasteiger charge is -2.10. The topological polar surface area (TPSA) is 9.23 Å². The van der Waals surface area contributed by atoms with Crippen LogP contribution in [0.3, 0.4) is 0 Å². The smallest absolute Gasteiger partial charge is 0.392 e. The summed E-state index contributed by atoms with van der Waals surface area (Å²) in [6.45, 7) is 1.44. The van der Waals surface area contributed by atoms with Gasteiger partial charge in [-0.05, 0) is 24.6 Å². The van der Waals surface area contributed by atoms with E-state index in [0.29, 0.717) is 5.75 Å². The third kappa shape index (κ3) is 4.55. The van der Waals surface area contributed by atoms with Crippen molar-refractivity contribution in [1.82, 2.24) is 0 Å². The van der Waals surface area contributed by atoms with Crippen LogP contribution in [0.5, 0.6) is 5.75 Å². The molecule has 1 rings (SSSR count). The Balaban J connectivity index is 2.54. The minimum Gasteiger partial charge on any atom is -0.493 e. The standard InChI is InChI=1S/C10H10BrF3O/c1-7-2-3-8(11)6-9(7)15-5-4-10(12,13)14/h2-3,6H,4-5H2,1H3. The Morgan fingerprint density at radius 2 is 2.00 bits per heavy atom. The third-order valence-corrected chi connectivity index (χ3v) is 2.29. The first kappa shape index (κ1) is 12.4. The SMILES string of the molecule is Cc1ccc(Br)cc1OCCC(F)(F)F. The summed E-state index contributed by atoms with van der Waals surface area (Å²) in [4.78, 5) is 0. The van der Waals surface area contributed by atoms with Crippen molar-refractivity contribution in [2.24, 2.45) is 0 Å². The summed E-state index contributed by atoms with van der Waals surface area (Å²) in [6.07, 6.45) is -5.10. The Kier molecular flexibility index (Phi) is 4.02. The molecule has 0 unspecified atom stereocenters. The van der Waals surface area contributed by atoms with Crippen molar-refractivity contribution < 1.29 is 17.9 Å². The maximum absolute atomic E-state index is 11.8. The quantitative estimate of drug-likeness (QED) is 0.811. The van der Waals surface area contributed by atoms with Gasteiger partial charge >= 0.3 is 6.18 Å². The van der Waals surface area contributed by atoms with Gasteiger partial charge in [-0.1, -0.05) is 22.0 Å². The molecule has 0 bridgehead atoms. The summed E-state index contributed by atoms with van der Waals surface area (Å²) in [5, 5.41) is 0. The summed E-state index contributed by atoms with van der Waals surface area (Å²) in [5.41, 5.74) is 0.820. The van der Waals surface area contributed by atoms with Crippen LogP contribution in [0.2, 0.25) is 0 Å². The van der Waals surface area contributed by atoms with Gasteiger partial charge in [0.2, 0.25) is 0 Å². The van der Waals surface area contributed by atoms with Gasteiger partial charge in [0.15, 0.2) is 0 Å². The zero-order chi connectivity index (χ0) is 11.5. The molecule has 0 aromatic heterocycles. The molecule has 5 heteroatoms. The van der Waals surface area contributed by atoms with Crippen LogP contribution < -0.4 is 4.74 Å². The molecule has 0 saturated carbocycles. The minimum absolute atomic E-state index is 0.346. The summed E-state index contributed by atoms with van der Waals surface area (Å²) >= 11 is 3.23. The molecule has 15 heavy (non-hydrogen) atoms. The van der Waals surface area contributed by atoms with Crippen molar-refractivity contribution in [2.75, 3.05) is 6.61 Å². The molecule has 0 aliphatic rings. The highest BCUT2D eigenvalue weighted by Gasteiger charge is 2.26. The highest BCUT2D eigenvalue weighted by atomic mass is 79.9. The molecule has 0 atom stereocenters. The predicted octanol–water partition coefficient (Wildman–Crippen LogP) is 4.09. The van der Waals surface area contributed by atoms with Crippen LogP contribution in [0, 0.1) is 6.92 Å². The van der Waals surface area contributed by atoms with E-state index in [0.717, 1.165) is 10.0 Å². The number of rotatable bonds is 3. The number of halogens is 4. The molecule has 0 heterocycles. The van der Waals surface area contributed by atoms with Gasteiger partial charge in [0, 0.05) is 4.47 Å². The zero-order valence-electron chi connectivity index (χ0n) is 8.07. The van der Waals surface area contributed by atoms with Crippen LogP contribution in [0.1, 0.15) is 12.0 Å². The Hall–Kier alpha value is -0.710.